The summed E-state index contributed by atoms with van der Waals surface area (Å²) in [5, 5.41) is 3.49. The first-order valence-electron chi connectivity index (χ1n) is 8.51. The van der Waals surface area contributed by atoms with Gasteiger partial charge in [0, 0.05) is 28.1 Å². The van der Waals surface area contributed by atoms with E-state index in [1.165, 1.54) is 7.11 Å². The Morgan fingerprint density at radius 2 is 1.93 bits per heavy atom. The molecular formula is C20H20BrClN2O3. The maximum absolute atomic E-state index is 12.8. The molecule has 0 radical (unpaired) electrons. The van der Waals surface area contributed by atoms with Gasteiger partial charge in [0.15, 0.2) is 0 Å². The van der Waals surface area contributed by atoms with E-state index in [1.807, 2.05) is 26.0 Å². The Bertz CT molecular complexity index is 893. The maximum Gasteiger partial charge on any atom is 0.229 e. The molecule has 0 aromatic heterocycles. The molecule has 0 aliphatic carbocycles. The molecule has 5 nitrogen and oxygen atoms in total. The number of ether oxygens (including phenoxy) is 1. The Kier molecular flexibility index (Phi) is 5.77. The van der Waals surface area contributed by atoms with Crippen LogP contribution in [0.15, 0.2) is 34.8 Å². The van der Waals surface area contributed by atoms with E-state index < -0.39 is 5.92 Å². The van der Waals surface area contributed by atoms with E-state index in [0.717, 1.165) is 21.3 Å². The largest absolute Gasteiger partial charge is 0.495 e. The fraction of sp³-hybridized carbons (Fsp3) is 0.300. The lowest BCUT2D eigenvalue weighted by molar-refractivity contribution is -0.122. The fourth-order valence-electron chi connectivity index (χ4n) is 3.32. The molecule has 3 rings (SSSR count). The molecule has 1 heterocycles. The summed E-state index contributed by atoms with van der Waals surface area (Å²) in [6.07, 6.45) is 0.149. The van der Waals surface area contributed by atoms with Gasteiger partial charge in [-0.3, -0.25) is 9.59 Å². The Balaban J connectivity index is 1.80. The molecule has 1 unspecified atom stereocenters. The van der Waals surface area contributed by atoms with Crippen molar-refractivity contribution in [3.63, 3.8) is 0 Å². The van der Waals surface area contributed by atoms with Crippen LogP contribution in [-0.2, 0) is 9.59 Å². The second kappa shape index (κ2) is 7.90. The van der Waals surface area contributed by atoms with E-state index >= 15 is 0 Å². The van der Waals surface area contributed by atoms with Crippen molar-refractivity contribution in [3.05, 3.63) is 51.0 Å². The minimum atomic E-state index is -0.441. The van der Waals surface area contributed by atoms with Crippen molar-refractivity contribution in [1.29, 1.82) is 0 Å². The van der Waals surface area contributed by atoms with Crippen LogP contribution < -0.4 is 15.0 Å². The number of hydrogen-bond acceptors (Lipinski definition) is 3. The van der Waals surface area contributed by atoms with Gasteiger partial charge >= 0.3 is 0 Å². The van der Waals surface area contributed by atoms with Crippen molar-refractivity contribution in [3.8, 4) is 5.75 Å². The predicted octanol–water partition coefficient (Wildman–Crippen LogP) is 4.72. The van der Waals surface area contributed by atoms with Gasteiger partial charge in [-0.05, 0) is 55.3 Å². The quantitative estimate of drug-likeness (QED) is 0.732. The maximum atomic E-state index is 12.8. The van der Waals surface area contributed by atoms with Crippen LogP contribution in [0.5, 0.6) is 5.75 Å². The number of nitrogens with one attached hydrogen (secondary N) is 1. The summed E-state index contributed by atoms with van der Waals surface area (Å²) in [4.78, 5) is 26.9. The van der Waals surface area contributed by atoms with Crippen molar-refractivity contribution >= 4 is 50.7 Å². The summed E-state index contributed by atoms with van der Waals surface area (Å²) in [6, 6.07) is 9.00. The molecule has 1 aliphatic rings. The van der Waals surface area contributed by atoms with Gasteiger partial charge in [0.05, 0.1) is 18.7 Å². The minimum Gasteiger partial charge on any atom is -0.495 e. The van der Waals surface area contributed by atoms with Gasteiger partial charge in [-0.25, -0.2) is 0 Å². The number of benzene rings is 2. The van der Waals surface area contributed by atoms with Gasteiger partial charge in [-0.15, -0.1) is 0 Å². The Morgan fingerprint density at radius 1 is 1.26 bits per heavy atom. The molecular weight excluding hydrogens is 432 g/mol. The topological polar surface area (TPSA) is 58.6 Å². The second-order valence-corrected chi connectivity index (χ2v) is 7.98. The van der Waals surface area contributed by atoms with Crippen molar-refractivity contribution in [1.82, 2.24) is 0 Å². The predicted molar refractivity (Wildman–Crippen MR) is 111 cm³/mol. The summed E-state index contributed by atoms with van der Waals surface area (Å²) >= 11 is 9.53. The number of rotatable bonds is 4. The number of anilines is 2. The highest BCUT2D eigenvalue weighted by Crippen LogP contribution is 2.35. The van der Waals surface area contributed by atoms with Crippen LogP contribution in [0.25, 0.3) is 0 Å². The first kappa shape index (κ1) is 19.7. The zero-order valence-corrected chi connectivity index (χ0v) is 17.6. The van der Waals surface area contributed by atoms with Crippen molar-refractivity contribution in [2.24, 2.45) is 5.92 Å². The molecule has 1 fully saturated rings. The Hall–Kier alpha value is -2.05. The fourth-order valence-corrected chi connectivity index (χ4v) is 4.18. The van der Waals surface area contributed by atoms with Crippen molar-refractivity contribution < 1.29 is 14.3 Å². The molecule has 1 atom stereocenters. The lowest BCUT2D eigenvalue weighted by Crippen LogP contribution is -2.28. The van der Waals surface area contributed by atoms with E-state index in [-0.39, 0.29) is 24.8 Å². The standard InChI is InChI=1S/C20H20BrClN2O3/c1-11-6-14(21)7-12(2)19(11)23-20(26)13-8-18(25)24(10-13)16-9-15(22)4-5-17(16)27-3/h4-7,9,13H,8,10H2,1-3H3,(H,23,26). The average molecular weight is 452 g/mol. The normalized spacial score (nSPS) is 16.6. The average Bonchev–Trinajstić information content (AvgIpc) is 2.99. The minimum absolute atomic E-state index is 0.125. The second-order valence-electron chi connectivity index (χ2n) is 6.63. The highest BCUT2D eigenvalue weighted by Gasteiger charge is 2.36. The van der Waals surface area contributed by atoms with E-state index in [9.17, 15) is 9.59 Å². The number of halogens is 2. The lowest BCUT2D eigenvalue weighted by Gasteiger charge is -2.20. The first-order chi connectivity index (χ1) is 12.8. The van der Waals surface area contributed by atoms with Crippen LogP contribution in [0.3, 0.4) is 0 Å². The van der Waals surface area contributed by atoms with Crippen LogP contribution in [0, 0.1) is 19.8 Å². The van der Waals surface area contributed by atoms with Gasteiger partial charge in [0.25, 0.3) is 0 Å². The summed E-state index contributed by atoms with van der Waals surface area (Å²) in [7, 11) is 1.54. The van der Waals surface area contributed by atoms with Crippen LogP contribution in [0.1, 0.15) is 17.5 Å². The van der Waals surface area contributed by atoms with Gasteiger partial charge in [-0.1, -0.05) is 27.5 Å². The Morgan fingerprint density at radius 3 is 2.56 bits per heavy atom. The van der Waals surface area contributed by atoms with Gasteiger partial charge in [0.1, 0.15) is 5.75 Å². The van der Waals surface area contributed by atoms with E-state index in [1.54, 1.807) is 23.1 Å². The molecule has 142 valence electrons. The van der Waals surface area contributed by atoms with Crippen LogP contribution in [-0.4, -0.2) is 25.5 Å². The van der Waals surface area contributed by atoms with Crippen molar-refractivity contribution in [2.45, 2.75) is 20.3 Å². The van der Waals surface area contributed by atoms with Crippen LogP contribution >= 0.6 is 27.5 Å². The molecule has 7 heteroatoms. The third-order valence-electron chi connectivity index (χ3n) is 4.67. The highest BCUT2D eigenvalue weighted by molar-refractivity contribution is 9.10. The molecule has 0 saturated carbocycles. The summed E-state index contributed by atoms with van der Waals surface area (Å²) in [5.41, 5.74) is 3.30. The number of methoxy groups -OCH3 is 1. The van der Waals surface area contributed by atoms with E-state index in [4.69, 9.17) is 16.3 Å². The smallest absolute Gasteiger partial charge is 0.229 e. The highest BCUT2D eigenvalue weighted by atomic mass is 79.9. The molecule has 1 N–H and O–H groups in total. The van der Waals surface area contributed by atoms with E-state index in [2.05, 4.69) is 21.2 Å². The number of carbonyl (C=O) groups is 2. The molecule has 27 heavy (non-hydrogen) atoms. The van der Waals surface area contributed by atoms with Crippen LogP contribution in [0.2, 0.25) is 5.02 Å². The third kappa shape index (κ3) is 4.12. The molecule has 1 saturated heterocycles. The molecule has 1 aliphatic heterocycles. The van der Waals surface area contributed by atoms with Crippen LogP contribution in [0.4, 0.5) is 11.4 Å². The number of aryl methyl sites for hydroxylation is 2. The molecule has 2 amide bonds. The first-order valence-corrected chi connectivity index (χ1v) is 9.68. The number of carbonyl (C=O) groups excluding carboxylic acids is 2. The van der Waals surface area contributed by atoms with E-state index in [0.29, 0.717) is 16.5 Å². The summed E-state index contributed by atoms with van der Waals surface area (Å²) < 4.78 is 6.30. The number of hydrogen-bond donors (Lipinski definition) is 1. The SMILES string of the molecule is COc1ccc(Cl)cc1N1CC(C(=O)Nc2c(C)cc(Br)cc2C)CC1=O. The monoisotopic (exact) mass is 450 g/mol. The van der Waals surface area contributed by atoms with Crippen molar-refractivity contribution in [2.75, 3.05) is 23.9 Å². The Labute approximate surface area is 171 Å². The number of amides is 2. The lowest BCUT2D eigenvalue weighted by atomic mass is 10.1. The molecule has 2 aromatic rings. The van der Waals surface area contributed by atoms with Gasteiger partial charge in [0.2, 0.25) is 11.8 Å². The summed E-state index contributed by atoms with van der Waals surface area (Å²) in [6.45, 7) is 4.17. The van der Waals surface area contributed by atoms with Gasteiger partial charge in [-0.2, -0.15) is 0 Å². The van der Waals surface area contributed by atoms with Gasteiger partial charge < -0.3 is 15.0 Å². The molecule has 0 spiro atoms. The zero-order valence-electron chi connectivity index (χ0n) is 15.3. The zero-order chi connectivity index (χ0) is 19.7. The third-order valence-corrected chi connectivity index (χ3v) is 5.37. The molecule has 2 aromatic carbocycles. The molecule has 0 bridgehead atoms. The number of nitrogens with zero attached hydrogens (tertiary/aromatic N) is 1. The summed E-state index contributed by atoms with van der Waals surface area (Å²) in [5.74, 6) is -0.183.